The van der Waals surface area contributed by atoms with Crippen molar-refractivity contribution in [3.8, 4) is 5.69 Å². The highest BCUT2D eigenvalue weighted by molar-refractivity contribution is 7.99. The Labute approximate surface area is 210 Å². The van der Waals surface area contributed by atoms with Gasteiger partial charge < -0.3 is 0 Å². The summed E-state index contributed by atoms with van der Waals surface area (Å²) in [5.74, 6) is -0.683. The van der Waals surface area contributed by atoms with Gasteiger partial charge in [0, 0.05) is 4.88 Å². The van der Waals surface area contributed by atoms with Gasteiger partial charge >= 0.3 is 0 Å². The summed E-state index contributed by atoms with van der Waals surface area (Å²) >= 11 is 2.76. The van der Waals surface area contributed by atoms with Crippen molar-refractivity contribution in [2.75, 3.05) is 5.75 Å². The topological polar surface area (TPSA) is 93.1 Å². The van der Waals surface area contributed by atoms with E-state index in [-0.39, 0.29) is 29.5 Å². The number of hydrogen-bond donors (Lipinski definition) is 2. The van der Waals surface area contributed by atoms with Gasteiger partial charge in [0.25, 0.3) is 5.56 Å². The molecule has 1 aliphatic rings. The van der Waals surface area contributed by atoms with Gasteiger partial charge in [-0.1, -0.05) is 60.3 Å². The molecule has 0 fully saturated rings. The number of hydrogen-bond acceptors (Lipinski definition) is 6. The first-order chi connectivity index (χ1) is 17.1. The van der Waals surface area contributed by atoms with Crippen LogP contribution in [-0.4, -0.2) is 27.1 Å². The summed E-state index contributed by atoms with van der Waals surface area (Å²) < 4.78 is 1.59. The Bertz CT molecular complexity index is 1430. The molecule has 2 aromatic heterocycles. The van der Waals surface area contributed by atoms with Gasteiger partial charge in [0.15, 0.2) is 5.16 Å². The van der Waals surface area contributed by atoms with Crippen molar-refractivity contribution in [1.82, 2.24) is 20.4 Å². The maximum Gasteiger partial charge on any atom is 0.267 e. The molecule has 9 heteroatoms. The normalized spacial score (nSPS) is 12.8. The summed E-state index contributed by atoms with van der Waals surface area (Å²) in [4.78, 5) is 45.1. The van der Waals surface area contributed by atoms with Crippen molar-refractivity contribution in [3.63, 3.8) is 0 Å². The molecule has 0 bridgehead atoms. The zero-order valence-electron chi connectivity index (χ0n) is 19.0. The second kappa shape index (κ2) is 10.5. The Kier molecular flexibility index (Phi) is 6.96. The molecule has 5 rings (SSSR count). The van der Waals surface area contributed by atoms with Crippen molar-refractivity contribution >= 4 is 45.1 Å². The zero-order valence-corrected chi connectivity index (χ0v) is 20.6. The number of para-hydroxylation sites is 1. The van der Waals surface area contributed by atoms with Crippen molar-refractivity contribution < 1.29 is 9.59 Å². The van der Waals surface area contributed by atoms with Gasteiger partial charge in [-0.25, -0.2) is 4.98 Å². The molecule has 35 heavy (non-hydrogen) atoms. The lowest BCUT2D eigenvalue weighted by Crippen LogP contribution is -2.43. The third-order valence-corrected chi connectivity index (χ3v) is 7.98. The van der Waals surface area contributed by atoms with Crippen LogP contribution in [0.1, 0.15) is 28.8 Å². The number of carbonyl (C=O) groups excluding carboxylic acids is 2. The minimum atomic E-state index is -0.379. The third-order valence-electron chi connectivity index (χ3n) is 5.85. The number of thioether (sulfide) groups is 1. The van der Waals surface area contributed by atoms with Crippen molar-refractivity contribution in [1.29, 1.82) is 0 Å². The van der Waals surface area contributed by atoms with Crippen molar-refractivity contribution in [2.24, 2.45) is 0 Å². The molecule has 0 radical (unpaired) electrons. The van der Waals surface area contributed by atoms with E-state index in [0.29, 0.717) is 16.2 Å². The van der Waals surface area contributed by atoms with Crippen LogP contribution in [0.3, 0.4) is 0 Å². The predicted octanol–water partition coefficient (Wildman–Crippen LogP) is 3.81. The molecule has 2 amide bonds. The molecule has 7 nitrogen and oxygen atoms in total. The second-order valence-corrected chi connectivity index (χ2v) is 10.3. The van der Waals surface area contributed by atoms with E-state index in [2.05, 4.69) is 10.9 Å². The standard InChI is InChI=1S/C26H24N4O3S2/c31-21(15-17-9-3-1-4-10-17)28-29-22(32)16-34-26-27-24-23(19-13-7-8-14-20(19)35-24)25(33)30(26)18-11-5-2-6-12-18/h1-6,9-12H,7-8,13-16H2,(H,28,31)(H,29,32). The first kappa shape index (κ1) is 23.3. The van der Waals surface area contributed by atoms with Crippen LogP contribution in [-0.2, 0) is 28.9 Å². The first-order valence-electron chi connectivity index (χ1n) is 11.5. The van der Waals surface area contributed by atoms with Gasteiger partial charge in [-0.3, -0.25) is 29.8 Å². The monoisotopic (exact) mass is 504 g/mol. The quantitative estimate of drug-likeness (QED) is 0.237. The van der Waals surface area contributed by atoms with Crippen LogP contribution in [0.4, 0.5) is 0 Å². The molecular formula is C26H24N4O3S2. The molecule has 0 aliphatic heterocycles. The number of aryl methyl sites for hydroxylation is 2. The third kappa shape index (κ3) is 5.16. The van der Waals surface area contributed by atoms with E-state index in [9.17, 15) is 14.4 Å². The molecule has 2 heterocycles. The van der Waals surface area contributed by atoms with Crippen LogP contribution in [0.25, 0.3) is 15.9 Å². The lowest BCUT2D eigenvalue weighted by Gasteiger charge is -2.13. The average molecular weight is 505 g/mol. The molecule has 2 N–H and O–H groups in total. The number of nitrogens with zero attached hydrogens (tertiary/aromatic N) is 2. The summed E-state index contributed by atoms with van der Waals surface area (Å²) in [5.41, 5.74) is 7.50. The number of carbonyl (C=O) groups is 2. The van der Waals surface area contributed by atoms with Gasteiger partial charge in [0.2, 0.25) is 11.8 Å². The van der Waals surface area contributed by atoms with Gasteiger partial charge in [-0.2, -0.15) is 0 Å². The lowest BCUT2D eigenvalue weighted by molar-refractivity contribution is -0.127. The number of fused-ring (bicyclic) bond motifs is 3. The lowest BCUT2D eigenvalue weighted by atomic mass is 9.97. The number of rotatable bonds is 6. The van der Waals surface area contributed by atoms with E-state index in [1.54, 1.807) is 15.9 Å². The number of hydrazine groups is 1. The van der Waals surface area contributed by atoms with E-state index in [1.807, 2.05) is 60.7 Å². The SMILES string of the molecule is O=C(CSc1nc2sc3c(c2c(=O)n1-c1ccccc1)CCCC3)NNC(=O)Cc1ccccc1. The Morgan fingerprint density at radius 2 is 1.63 bits per heavy atom. The molecule has 0 spiro atoms. The van der Waals surface area contributed by atoms with Gasteiger partial charge in [-0.05, 0) is 48.9 Å². The Morgan fingerprint density at radius 1 is 0.943 bits per heavy atom. The maximum atomic E-state index is 13.7. The molecule has 0 saturated heterocycles. The molecular weight excluding hydrogens is 480 g/mol. The number of aromatic nitrogens is 2. The highest BCUT2D eigenvalue weighted by Crippen LogP contribution is 2.35. The van der Waals surface area contributed by atoms with Crippen LogP contribution < -0.4 is 16.4 Å². The molecule has 178 valence electrons. The van der Waals surface area contributed by atoms with Gasteiger partial charge in [0.1, 0.15) is 4.83 Å². The molecule has 2 aromatic carbocycles. The number of benzene rings is 2. The molecule has 0 atom stereocenters. The summed E-state index contributed by atoms with van der Waals surface area (Å²) in [7, 11) is 0. The van der Waals surface area contributed by atoms with Gasteiger partial charge in [-0.15, -0.1) is 11.3 Å². The molecule has 0 unspecified atom stereocenters. The van der Waals surface area contributed by atoms with Crippen LogP contribution in [0.15, 0.2) is 70.6 Å². The second-order valence-electron chi connectivity index (χ2n) is 8.31. The van der Waals surface area contributed by atoms with Crippen molar-refractivity contribution in [3.05, 3.63) is 87.0 Å². The summed E-state index contributed by atoms with van der Waals surface area (Å²) in [6.07, 6.45) is 4.26. The average Bonchev–Trinajstić information content (AvgIpc) is 3.26. The fourth-order valence-electron chi connectivity index (χ4n) is 4.22. The number of thiophene rings is 1. The van der Waals surface area contributed by atoms with Gasteiger partial charge in [0.05, 0.1) is 23.2 Å². The van der Waals surface area contributed by atoms with Crippen molar-refractivity contribution in [2.45, 2.75) is 37.3 Å². The predicted molar refractivity (Wildman–Crippen MR) is 139 cm³/mol. The van der Waals surface area contributed by atoms with E-state index in [1.165, 1.54) is 16.6 Å². The summed E-state index contributed by atoms with van der Waals surface area (Å²) in [5, 5.41) is 1.16. The summed E-state index contributed by atoms with van der Waals surface area (Å²) in [6, 6.07) is 18.7. The van der Waals surface area contributed by atoms with Crippen LogP contribution in [0.5, 0.6) is 0 Å². The zero-order chi connectivity index (χ0) is 24.2. The summed E-state index contributed by atoms with van der Waals surface area (Å²) in [6.45, 7) is 0. The minimum Gasteiger partial charge on any atom is -0.273 e. The van der Waals surface area contributed by atoms with Crippen LogP contribution >= 0.6 is 23.1 Å². The fraction of sp³-hybridized carbons (Fsp3) is 0.231. The first-order valence-corrected chi connectivity index (χ1v) is 13.3. The maximum absolute atomic E-state index is 13.7. The molecule has 0 saturated carbocycles. The molecule has 4 aromatic rings. The smallest absolute Gasteiger partial charge is 0.267 e. The fourth-order valence-corrected chi connectivity index (χ4v) is 6.33. The minimum absolute atomic E-state index is 0.00147. The Hall–Kier alpha value is -3.43. The highest BCUT2D eigenvalue weighted by Gasteiger charge is 2.23. The van der Waals surface area contributed by atoms with E-state index < -0.39 is 0 Å². The van der Waals surface area contributed by atoms with Crippen LogP contribution in [0.2, 0.25) is 0 Å². The number of amides is 2. The van der Waals surface area contributed by atoms with E-state index in [4.69, 9.17) is 4.98 Å². The van der Waals surface area contributed by atoms with E-state index in [0.717, 1.165) is 41.6 Å². The molecule has 1 aliphatic carbocycles. The van der Waals surface area contributed by atoms with E-state index >= 15 is 0 Å². The van der Waals surface area contributed by atoms with Crippen LogP contribution in [0, 0.1) is 0 Å². The Balaban J connectivity index is 1.35. The largest absolute Gasteiger partial charge is 0.273 e. The number of nitrogens with one attached hydrogen (secondary N) is 2. The highest BCUT2D eigenvalue weighted by atomic mass is 32.2. The Morgan fingerprint density at radius 3 is 2.40 bits per heavy atom.